The Hall–Kier alpha value is -6.88. The van der Waals surface area contributed by atoms with Gasteiger partial charge in [0.05, 0.1) is 45.8 Å². The Bertz CT molecular complexity index is 3430. The summed E-state index contributed by atoms with van der Waals surface area (Å²) in [4.78, 5) is 47.7. The first kappa shape index (κ1) is 39.7. The second-order valence-electron chi connectivity index (χ2n) is 19.0. The normalized spacial score (nSPS) is 23.3. The molecule has 2 bridgehead atoms. The van der Waals surface area contributed by atoms with Gasteiger partial charge in [-0.2, -0.15) is 10.2 Å². The third-order valence-electron chi connectivity index (χ3n) is 14.9. The summed E-state index contributed by atoms with van der Waals surface area (Å²) in [6.45, 7) is 10.3. The Labute approximate surface area is 369 Å². The van der Waals surface area contributed by atoms with Crippen LogP contribution in [0.15, 0.2) is 81.2 Å². The van der Waals surface area contributed by atoms with Crippen molar-refractivity contribution in [3.8, 4) is 17.2 Å². The van der Waals surface area contributed by atoms with Gasteiger partial charge in [0.15, 0.2) is 11.6 Å². The van der Waals surface area contributed by atoms with Crippen LogP contribution >= 0.6 is 0 Å². The third-order valence-corrected chi connectivity index (χ3v) is 14.9. The summed E-state index contributed by atoms with van der Waals surface area (Å²) < 4.78 is 50.5. The van der Waals surface area contributed by atoms with Crippen molar-refractivity contribution in [2.75, 3.05) is 6.61 Å². The van der Waals surface area contributed by atoms with Crippen LogP contribution in [0, 0.1) is 31.4 Å². The summed E-state index contributed by atoms with van der Waals surface area (Å²) >= 11 is 0. The van der Waals surface area contributed by atoms with Crippen LogP contribution in [0.3, 0.4) is 0 Å². The van der Waals surface area contributed by atoms with Crippen LogP contribution in [0.5, 0.6) is 0 Å². The van der Waals surface area contributed by atoms with Crippen molar-refractivity contribution < 1.29 is 22.8 Å². The summed E-state index contributed by atoms with van der Waals surface area (Å²) in [5, 5.41) is 14.7. The van der Waals surface area contributed by atoms with Crippen LogP contribution in [-0.4, -0.2) is 72.5 Å². The SMILES string of the molecule is Cc1cc(-n2nc3c(c2-n2ccn(-c4ccc5c(cnn5C)c4F)c2=O)[C@@H]2CC[C@H](C3)N2C(=O)c2cc3cc(C4CCOC4(C)C)ccc3n2[C@@]2(c3noc(=O)[nH]3)C[C@@H]2C)cc(C)c1F. The number of fused-ring (bicyclic) bond motifs is 6. The topological polar surface area (TPSA) is 156 Å². The number of carbonyl (C=O) groups excluding carboxylic acids is 1. The predicted molar refractivity (Wildman–Crippen MR) is 235 cm³/mol. The number of nitrogens with zero attached hydrogens (tertiary/aromatic N) is 9. The summed E-state index contributed by atoms with van der Waals surface area (Å²) in [7, 11) is 1.72. The second-order valence-corrected chi connectivity index (χ2v) is 19.0. The molecule has 0 spiro atoms. The fraction of sp³-hybridized carbons (Fsp3) is 0.375. The van der Waals surface area contributed by atoms with E-state index in [4.69, 9.17) is 14.4 Å². The molecule has 8 heterocycles. The molecule has 17 heteroatoms. The molecular formula is C48H46F2N10O5. The summed E-state index contributed by atoms with van der Waals surface area (Å²) in [5.74, 6) is -0.906. The molecule has 1 unspecified atom stereocenters. The van der Waals surface area contributed by atoms with Crippen molar-refractivity contribution in [2.24, 2.45) is 13.0 Å². The number of benzene rings is 3. The number of hydrogen-bond donors (Lipinski definition) is 1. The number of aromatic nitrogens is 9. The number of aromatic amines is 1. The van der Waals surface area contributed by atoms with Crippen molar-refractivity contribution in [3.63, 3.8) is 0 Å². The maximum absolute atomic E-state index is 16.2. The number of nitrogens with one attached hydrogen (secondary N) is 1. The van der Waals surface area contributed by atoms with Gasteiger partial charge in [-0.1, -0.05) is 18.1 Å². The van der Waals surface area contributed by atoms with E-state index in [1.54, 1.807) is 60.7 Å². The number of halogens is 2. The van der Waals surface area contributed by atoms with E-state index in [9.17, 15) is 9.59 Å². The van der Waals surface area contributed by atoms with E-state index in [-0.39, 0.29) is 46.3 Å². The van der Waals surface area contributed by atoms with Gasteiger partial charge in [0, 0.05) is 60.9 Å². The highest BCUT2D eigenvalue weighted by molar-refractivity contribution is 6.00. The second kappa shape index (κ2) is 13.6. The highest BCUT2D eigenvalue weighted by Crippen LogP contribution is 2.57. The summed E-state index contributed by atoms with van der Waals surface area (Å²) in [6, 6.07) is 14.2. The molecule has 2 saturated heterocycles. The van der Waals surface area contributed by atoms with Crippen LogP contribution in [0.4, 0.5) is 8.78 Å². The van der Waals surface area contributed by atoms with Crippen molar-refractivity contribution in [2.45, 2.75) is 95.9 Å². The van der Waals surface area contributed by atoms with Gasteiger partial charge >= 0.3 is 11.4 Å². The van der Waals surface area contributed by atoms with Gasteiger partial charge < -0.3 is 14.2 Å². The highest BCUT2D eigenvalue weighted by atomic mass is 19.1. The molecule has 12 rings (SSSR count). The molecule has 5 aromatic heterocycles. The summed E-state index contributed by atoms with van der Waals surface area (Å²) in [5.41, 5.74) is 4.03. The lowest BCUT2D eigenvalue weighted by atomic mass is 9.84. The van der Waals surface area contributed by atoms with E-state index in [0.717, 1.165) is 28.6 Å². The van der Waals surface area contributed by atoms with E-state index >= 15 is 13.6 Å². The zero-order valence-corrected chi connectivity index (χ0v) is 36.7. The van der Waals surface area contributed by atoms with E-state index in [1.165, 1.54) is 21.5 Å². The number of carbonyl (C=O) groups is 1. The van der Waals surface area contributed by atoms with Gasteiger partial charge in [-0.25, -0.2) is 23.1 Å². The zero-order valence-electron chi connectivity index (χ0n) is 36.7. The Kier molecular flexibility index (Phi) is 8.29. The minimum Gasteiger partial charge on any atom is -0.375 e. The lowest BCUT2D eigenvalue weighted by Gasteiger charge is -2.35. The largest absolute Gasteiger partial charge is 0.438 e. The van der Waals surface area contributed by atoms with Gasteiger partial charge in [-0.05, 0) is 118 Å². The average molecular weight is 881 g/mol. The maximum Gasteiger partial charge on any atom is 0.438 e. The molecular weight excluding hydrogens is 835 g/mol. The molecule has 3 fully saturated rings. The van der Waals surface area contributed by atoms with Gasteiger partial charge in [-0.3, -0.25) is 28.1 Å². The lowest BCUT2D eigenvalue weighted by molar-refractivity contribution is 0.0271. The number of rotatable bonds is 7. The minimum absolute atomic E-state index is 0.00370. The standard InChI is InChI=1S/C48H46F2N10O5/c1-24-17-30(18-25(2)40(24)49)60-42(57-15-14-56(46(57)63)37-12-11-35-31(41(37)50)23-51-55(35)6)39-33(53-60)21-29-8-10-36(39)58(29)43(61)38-20-28-19-27(32-13-16-64-47(32,4)5)7-9-34(28)59(38)48(22-26(48)3)44-52-45(62)65-54-44/h7,9,11-12,14-15,17-20,23,26,29,32,36H,8,10,13,16,21-22H2,1-6H3,(H,52,54,62)/t26-,29+,32?,36-,48-/m0/s1. The van der Waals surface area contributed by atoms with Crippen molar-refractivity contribution in [1.29, 1.82) is 0 Å². The molecule has 0 radical (unpaired) electrons. The average Bonchev–Trinajstić information content (AvgIpc) is 4.05. The number of amides is 1. The smallest absolute Gasteiger partial charge is 0.375 e. The van der Waals surface area contributed by atoms with Crippen LogP contribution in [0.2, 0.25) is 0 Å². The molecule has 5 atom stereocenters. The fourth-order valence-corrected chi connectivity index (χ4v) is 11.6. The van der Waals surface area contributed by atoms with Crippen molar-refractivity contribution in [3.05, 3.63) is 139 Å². The molecule has 65 heavy (non-hydrogen) atoms. The van der Waals surface area contributed by atoms with Gasteiger partial charge in [0.2, 0.25) is 0 Å². The molecule has 1 saturated carbocycles. The Morgan fingerprint density at radius 3 is 2.40 bits per heavy atom. The minimum atomic E-state index is -0.852. The zero-order chi connectivity index (χ0) is 45.0. The van der Waals surface area contributed by atoms with Gasteiger partial charge in [-0.15, -0.1) is 0 Å². The van der Waals surface area contributed by atoms with E-state index < -0.39 is 28.8 Å². The highest BCUT2D eigenvalue weighted by Gasteiger charge is 2.60. The van der Waals surface area contributed by atoms with Crippen molar-refractivity contribution >= 4 is 27.7 Å². The van der Waals surface area contributed by atoms with E-state index in [2.05, 4.69) is 54.2 Å². The van der Waals surface area contributed by atoms with Crippen LogP contribution in [0.1, 0.15) is 103 Å². The van der Waals surface area contributed by atoms with Crippen LogP contribution < -0.4 is 11.4 Å². The molecule has 1 N–H and O–H groups in total. The fourth-order valence-electron chi connectivity index (χ4n) is 11.6. The first-order valence-electron chi connectivity index (χ1n) is 22.1. The first-order chi connectivity index (χ1) is 31.2. The molecule has 332 valence electrons. The molecule has 3 aromatic carbocycles. The number of H-pyrrole nitrogens is 1. The van der Waals surface area contributed by atoms with E-state index in [1.807, 2.05) is 15.5 Å². The number of aryl methyl sites for hydroxylation is 3. The molecule has 8 aromatic rings. The van der Waals surface area contributed by atoms with Gasteiger partial charge in [0.25, 0.3) is 5.91 Å². The predicted octanol–water partition coefficient (Wildman–Crippen LogP) is 7.19. The number of ether oxygens (including phenoxy) is 1. The first-order valence-corrected chi connectivity index (χ1v) is 22.1. The summed E-state index contributed by atoms with van der Waals surface area (Å²) in [6.07, 6.45) is 7.71. The van der Waals surface area contributed by atoms with Crippen LogP contribution in [0.25, 0.3) is 39.0 Å². The Morgan fingerprint density at radius 1 is 0.938 bits per heavy atom. The number of imidazole rings is 1. The maximum atomic E-state index is 16.2. The van der Waals surface area contributed by atoms with Crippen LogP contribution in [-0.2, 0) is 23.7 Å². The monoisotopic (exact) mass is 880 g/mol. The molecule has 15 nitrogen and oxygen atoms in total. The molecule has 1 aliphatic carbocycles. The number of hydrogen-bond acceptors (Lipinski definition) is 8. The molecule has 1 amide bonds. The third kappa shape index (κ3) is 5.53. The Balaban J connectivity index is 1.03. The lowest BCUT2D eigenvalue weighted by Crippen LogP contribution is -2.43. The van der Waals surface area contributed by atoms with E-state index in [0.29, 0.717) is 77.5 Å². The molecule has 3 aliphatic heterocycles. The Morgan fingerprint density at radius 2 is 1.69 bits per heavy atom. The molecule has 4 aliphatic rings. The van der Waals surface area contributed by atoms with Gasteiger partial charge in [0.1, 0.15) is 22.9 Å². The van der Waals surface area contributed by atoms with Crippen molar-refractivity contribution in [1.82, 2.24) is 48.3 Å². The quantitative estimate of drug-likeness (QED) is 0.176.